The number of ketones is 1. The van der Waals surface area contributed by atoms with Gasteiger partial charge in [-0.15, -0.1) is 0 Å². The third-order valence-corrected chi connectivity index (χ3v) is 5.95. The molecule has 1 N–H and O–H groups in total. The van der Waals surface area contributed by atoms with Gasteiger partial charge in [0.25, 0.3) is 0 Å². The van der Waals surface area contributed by atoms with Crippen molar-refractivity contribution >= 4 is 51.9 Å². The van der Waals surface area contributed by atoms with E-state index in [4.69, 9.17) is 32.8 Å². The van der Waals surface area contributed by atoms with Gasteiger partial charge >= 0.3 is 24.4 Å². The largest absolute Gasteiger partial charge is 0.514 e. The Bertz CT molecular complexity index is 1650. The van der Waals surface area contributed by atoms with Gasteiger partial charge in [-0.3, -0.25) is 4.79 Å². The van der Waals surface area contributed by atoms with Crippen molar-refractivity contribution < 1.29 is 56.8 Å². The van der Waals surface area contributed by atoms with Crippen molar-refractivity contribution in [1.82, 2.24) is 5.32 Å². The highest BCUT2D eigenvalue weighted by atomic mass is 16.7. The third kappa shape index (κ3) is 10.9. The fourth-order valence-electron chi connectivity index (χ4n) is 4.24. The Labute approximate surface area is 273 Å². The Kier molecular flexibility index (Phi) is 11.2. The number of carbonyl (C=O) groups is 5. The molecule has 0 saturated heterocycles. The highest BCUT2D eigenvalue weighted by Crippen LogP contribution is 2.44. The molecule has 0 bridgehead atoms. The van der Waals surface area contributed by atoms with E-state index < -0.39 is 53.0 Å². The second-order valence-corrected chi connectivity index (χ2v) is 13.8. The average Bonchev–Trinajstić information content (AvgIpc) is 3.35. The minimum Gasteiger partial charge on any atom is -0.458 e. The van der Waals surface area contributed by atoms with E-state index >= 15 is 0 Å². The maximum Gasteiger partial charge on any atom is 0.514 e. The van der Waals surface area contributed by atoms with Gasteiger partial charge in [0.2, 0.25) is 0 Å². The number of alkyl carbamates (subject to hydrolysis) is 1. The van der Waals surface area contributed by atoms with Crippen molar-refractivity contribution in [2.45, 2.75) is 105 Å². The number of hydrogen-bond acceptors (Lipinski definition) is 12. The van der Waals surface area contributed by atoms with E-state index in [9.17, 15) is 24.0 Å². The highest BCUT2D eigenvalue weighted by molar-refractivity contribution is 6.12. The summed E-state index contributed by atoms with van der Waals surface area (Å²) in [6.45, 7) is 16.3. The lowest BCUT2D eigenvalue weighted by Gasteiger charge is -2.26. The number of esters is 1. The summed E-state index contributed by atoms with van der Waals surface area (Å²) in [5.41, 5.74) is -2.45. The monoisotopic (exact) mass is 657 g/mol. The van der Waals surface area contributed by atoms with Gasteiger partial charge in [-0.25, -0.2) is 19.2 Å². The van der Waals surface area contributed by atoms with Crippen molar-refractivity contribution in [1.29, 1.82) is 0 Å². The maximum absolute atomic E-state index is 12.9. The number of fused-ring (bicyclic) bond motifs is 2. The number of hydrogen-bond donors (Lipinski definition) is 1. The Hall–Kier alpha value is -4.81. The number of furan rings is 1. The van der Waals surface area contributed by atoms with Crippen LogP contribution in [0.4, 0.5) is 14.4 Å². The summed E-state index contributed by atoms with van der Waals surface area (Å²) in [5.74, 6) is -1.17. The fraction of sp³-hybridized carbons (Fsp3) is 0.500. The van der Waals surface area contributed by atoms with E-state index in [-0.39, 0.29) is 47.7 Å². The lowest BCUT2D eigenvalue weighted by atomic mass is 10.1. The van der Waals surface area contributed by atoms with E-state index in [1.807, 2.05) is 0 Å². The van der Waals surface area contributed by atoms with Crippen LogP contribution in [0.1, 0.15) is 92.6 Å². The minimum atomic E-state index is -1.09. The molecule has 256 valence electrons. The third-order valence-electron chi connectivity index (χ3n) is 5.95. The molecule has 13 heteroatoms. The van der Waals surface area contributed by atoms with E-state index in [2.05, 4.69) is 5.32 Å². The lowest BCUT2D eigenvalue weighted by molar-refractivity contribution is -0.157. The van der Waals surface area contributed by atoms with Crippen LogP contribution in [0.2, 0.25) is 0 Å². The van der Waals surface area contributed by atoms with Gasteiger partial charge in [0.1, 0.15) is 22.8 Å². The molecule has 0 unspecified atom stereocenters. The van der Waals surface area contributed by atoms with Gasteiger partial charge in [0, 0.05) is 17.7 Å². The molecular formula is C34H43NO12. The molecule has 0 aliphatic carbocycles. The van der Waals surface area contributed by atoms with Gasteiger partial charge in [0.15, 0.2) is 28.6 Å². The molecular weight excluding hydrogens is 614 g/mol. The normalized spacial score (nSPS) is 12.6. The number of rotatable bonds is 9. The van der Waals surface area contributed by atoms with E-state index in [1.165, 1.54) is 13.0 Å². The summed E-state index contributed by atoms with van der Waals surface area (Å²) in [4.78, 5) is 63.0. The van der Waals surface area contributed by atoms with Gasteiger partial charge in [0.05, 0.1) is 12.0 Å². The van der Waals surface area contributed by atoms with Crippen LogP contribution >= 0.6 is 0 Å². The molecule has 1 aromatic heterocycles. The van der Waals surface area contributed by atoms with Gasteiger partial charge in [-0.2, -0.15) is 0 Å². The molecule has 0 fully saturated rings. The van der Waals surface area contributed by atoms with E-state index in [0.29, 0.717) is 10.8 Å². The fourth-order valence-corrected chi connectivity index (χ4v) is 4.24. The van der Waals surface area contributed by atoms with Crippen LogP contribution in [0.3, 0.4) is 0 Å². The van der Waals surface area contributed by atoms with Crippen LogP contribution < -0.4 is 14.8 Å². The summed E-state index contributed by atoms with van der Waals surface area (Å²) < 4.78 is 38.3. The number of amides is 1. The average molecular weight is 658 g/mol. The molecule has 0 aliphatic rings. The van der Waals surface area contributed by atoms with Crippen LogP contribution in [-0.2, 0) is 23.7 Å². The number of Topliss-reactive ketones (excluding diaryl/α,β-unsaturated/α-hetero) is 1. The summed E-state index contributed by atoms with van der Waals surface area (Å²) in [6, 6.07) is 6.93. The van der Waals surface area contributed by atoms with Crippen molar-refractivity contribution in [2.24, 2.45) is 0 Å². The standard InChI is InChI=1S/C34H43NO12/c1-19(36)24-18-22-25(20-14-11-12-15-21(20)26(27(22)42-24)44-31(40)47-34(8,9)10)43-30(39)41-17-13-16-23(28(37)45-32(2,3)4)35-29(38)46-33(5,6)7/h11-12,14-15,18,23H,13,16-17H2,1-10H3,(H,35,38)/t23-/m0/s1. The number of ether oxygens (including phenoxy) is 6. The number of benzene rings is 2. The zero-order valence-corrected chi connectivity index (χ0v) is 28.5. The molecule has 0 aliphatic heterocycles. The quantitative estimate of drug-likeness (QED) is 0.0787. The summed E-state index contributed by atoms with van der Waals surface area (Å²) >= 11 is 0. The molecule has 1 atom stereocenters. The molecule has 0 saturated carbocycles. The van der Waals surface area contributed by atoms with Crippen molar-refractivity contribution in [2.75, 3.05) is 6.61 Å². The predicted molar refractivity (Wildman–Crippen MR) is 171 cm³/mol. The Morgan fingerprint density at radius 1 is 0.745 bits per heavy atom. The molecule has 47 heavy (non-hydrogen) atoms. The smallest absolute Gasteiger partial charge is 0.458 e. The molecule has 13 nitrogen and oxygen atoms in total. The summed E-state index contributed by atoms with van der Waals surface area (Å²) in [6.07, 6.45) is -2.67. The van der Waals surface area contributed by atoms with Crippen LogP contribution in [0.25, 0.3) is 21.7 Å². The topological polar surface area (TPSA) is 166 Å². The SMILES string of the molecule is CC(=O)c1cc2c(OC(=O)OCCC[C@H](NC(=O)OC(C)(C)C)C(=O)OC(C)(C)C)c3ccccc3c(OC(=O)OC(C)(C)C)c2o1. The van der Waals surface area contributed by atoms with Crippen LogP contribution in [0.15, 0.2) is 34.7 Å². The van der Waals surface area contributed by atoms with E-state index in [0.717, 1.165) is 0 Å². The Morgan fingerprint density at radius 2 is 1.30 bits per heavy atom. The number of carbonyl (C=O) groups excluding carboxylic acids is 5. The zero-order chi connectivity index (χ0) is 35.3. The first kappa shape index (κ1) is 36.7. The first-order chi connectivity index (χ1) is 21.6. The predicted octanol–water partition coefficient (Wildman–Crippen LogP) is 7.63. The second kappa shape index (κ2) is 14.3. The van der Waals surface area contributed by atoms with Crippen LogP contribution in [0.5, 0.6) is 11.5 Å². The molecule has 3 rings (SSSR count). The molecule has 2 aromatic carbocycles. The molecule has 0 radical (unpaired) electrons. The second-order valence-electron chi connectivity index (χ2n) is 13.8. The van der Waals surface area contributed by atoms with Crippen LogP contribution in [0, 0.1) is 0 Å². The van der Waals surface area contributed by atoms with Crippen LogP contribution in [-0.4, -0.2) is 59.6 Å². The van der Waals surface area contributed by atoms with E-state index in [1.54, 1.807) is 86.6 Å². The Balaban J connectivity index is 1.82. The minimum absolute atomic E-state index is 0.00612. The molecule has 1 heterocycles. The highest BCUT2D eigenvalue weighted by Gasteiger charge is 2.30. The van der Waals surface area contributed by atoms with Crippen molar-refractivity contribution in [3.8, 4) is 11.5 Å². The summed E-state index contributed by atoms with van der Waals surface area (Å²) in [5, 5.41) is 3.39. The first-order valence-electron chi connectivity index (χ1n) is 15.1. The molecule has 3 aromatic rings. The summed E-state index contributed by atoms with van der Waals surface area (Å²) in [7, 11) is 0. The maximum atomic E-state index is 12.9. The van der Waals surface area contributed by atoms with Gasteiger partial charge in [-0.05, 0) is 81.2 Å². The Morgan fingerprint density at radius 3 is 1.85 bits per heavy atom. The van der Waals surface area contributed by atoms with Gasteiger partial charge < -0.3 is 38.2 Å². The molecule has 1 amide bonds. The number of nitrogens with one attached hydrogen (secondary N) is 1. The molecule has 0 spiro atoms. The lowest BCUT2D eigenvalue weighted by Crippen LogP contribution is -2.46. The van der Waals surface area contributed by atoms with Gasteiger partial charge in [-0.1, -0.05) is 24.3 Å². The van der Waals surface area contributed by atoms with Crippen molar-refractivity contribution in [3.63, 3.8) is 0 Å². The van der Waals surface area contributed by atoms with Crippen molar-refractivity contribution in [3.05, 3.63) is 36.1 Å². The first-order valence-corrected chi connectivity index (χ1v) is 15.1. The zero-order valence-electron chi connectivity index (χ0n) is 28.5.